The molecule has 3 unspecified atom stereocenters. The maximum absolute atomic E-state index is 13.1. The summed E-state index contributed by atoms with van der Waals surface area (Å²) in [4.78, 5) is 19.6. The second-order valence-electron chi connectivity index (χ2n) is 7.82. The van der Waals surface area contributed by atoms with E-state index in [2.05, 4.69) is 41.3 Å². The lowest BCUT2D eigenvalue weighted by molar-refractivity contribution is -0.133. The molecule has 0 bridgehead atoms. The number of likely N-dealkylation sites (tertiary alicyclic amines) is 1. The summed E-state index contributed by atoms with van der Waals surface area (Å²) in [5.74, 6) is 2.70. The topological polar surface area (TPSA) is 59.2 Å². The largest absolute Gasteiger partial charge is 0.339 e. The first-order valence-electron chi connectivity index (χ1n) is 9.41. The minimum Gasteiger partial charge on any atom is -0.339 e. The van der Waals surface area contributed by atoms with Gasteiger partial charge in [0.15, 0.2) is 5.82 Å². The standard InChI is InChI=1S/C20H23N3O2/c1-12-4-2-5-14(10-12)15-11-16(15)20(24)23-9-3-6-17(23)18-21-19(25-22-18)13-7-8-13/h2,4-5,10,13,15-17H,3,6-9,11H2,1H3. The first-order chi connectivity index (χ1) is 12.2. The van der Waals surface area contributed by atoms with Crippen LogP contribution in [0.5, 0.6) is 0 Å². The molecule has 0 spiro atoms. The number of aryl methyl sites for hydroxylation is 1. The van der Waals surface area contributed by atoms with Crippen molar-refractivity contribution in [2.45, 2.75) is 56.9 Å². The number of aromatic nitrogens is 2. The Labute approximate surface area is 147 Å². The first-order valence-corrected chi connectivity index (χ1v) is 9.41. The van der Waals surface area contributed by atoms with Crippen LogP contribution in [0.3, 0.4) is 0 Å². The number of benzene rings is 1. The van der Waals surface area contributed by atoms with Gasteiger partial charge in [0, 0.05) is 18.4 Å². The molecule has 2 heterocycles. The van der Waals surface area contributed by atoms with Crippen LogP contribution in [0.15, 0.2) is 28.8 Å². The quantitative estimate of drug-likeness (QED) is 0.853. The highest BCUT2D eigenvalue weighted by atomic mass is 16.5. The van der Waals surface area contributed by atoms with E-state index in [-0.39, 0.29) is 17.9 Å². The van der Waals surface area contributed by atoms with Crippen molar-refractivity contribution in [2.24, 2.45) is 5.92 Å². The molecule has 1 saturated heterocycles. The van der Waals surface area contributed by atoms with E-state index >= 15 is 0 Å². The van der Waals surface area contributed by atoms with Crippen LogP contribution >= 0.6 is 0 Å². The molecule has 130 valence electrons. The Balaban J connectivity index is 1.31. The van der Waals surface area contributed by atoms with Crippen molar-refractivity contribution in [2.75, 3.05) is 6.54 Å². The average Bonchev–Trinajstić information content (AvgIpc) is 3.51. The zero-order valence-electron chi connectivity index (χ0n) is 14.5. The lowest BCUT2D eigenvalue weighted by atomic mass is 10.1. The van der Waals surface area contributed by atoms with Gasteiger partial charge in [0.2, 0.25) is 11.8 Å². The van der Waals surface area contributed by atoms with Gasteiger partial charge in [0.05, 0.1) is 6.04 Å². The third-order valence-corrected chi connectivity index (χ3v) is 5.80. The summed E-state index contributed by atoms with van der Waals surface area (Å²) in [6, 6.07) is 8.55. The fourth-order valence-electron chi connectivity index (χ4n) is 4.13. The Hall–Kier alpha value is -2.17. The van der Waals surface area contributed by atoms with Crippen LogP contribution in [-0.4, -0.2) is 27.5 Å². The Morgan fingerprint density at radius 3 is 2.96 bits per heavy atom. The van der Waals surface area contributed by atoms with Crippen LogP contribution in [0.25, 0.3) is 0 Å². The zero-order chi connectivity index (χ0) is 17.0. The fraction of sp³-hybridized carbons (Fsp3) is 0.550. The van der Waals surface area contributed by atoms with Gasteiger partial charge in [-0.15, -0.1) is 0 Å². The number of carbonyl (C=O) groups excluding carboxylic acids is 1. The Morgan fingerprint density at radius 2 is 2.16 bits per heavy atom. The third-order valence-electron chi connectivity index (χ3n) is 5.80. The van der Waals surface area contributed by atoms with Crippen molar-refractivity contribution in [3.05, 3.63) is 47.1 Å². The number of amides is 1. The van der Waals surface area contributed by atoms with Gasteiger partial charge in [0.25, 0.3) is 0 Å². The predicted octanol–water partition coefficient (Wildman–Crippen LogP) is 3.72. The average molecular weight is 337 g/mol. The second-order valence-corrected chi connectivity index (χ2v) is 7.82. The van der Waals surface area contributed by atoms with Crippen molar-refractivity contribution in [3.63, 3.8) is 0 Å². The summed E-state index contributed by atoms with van der Waals surface area (Å²) in [6.45, 7) is 2.92. The summed E-state index contributed by atoms with van der Waals surface area (Å²) < 4.78 is 5.41. The maximum atomic E-state index is 13.1. The Bertz CT molecular complexity index is 811. The van der Waals surface area contributed by atoms with Crippen molar-refractivity contribution in [1.29, 1.82) is 0 Å². The number of hydrogen-bond donors (Lipinski definition) is 0. The van der Waals surface area contributed by atoms with Crippen molar-refractivity contribution in [3.8, 4) is 0 Å². The van der Waals surface area contributed by atoms with E-state index in [0.717, 1.165) is 44.5 Å². The van der Waals surface area contributed by atoms with E-state index < -0.39 is 0 Å². The molecule has 2 saturated carbocycles. The molecule has 5 rings (SSSR count). The Kier molecular flexibility index (Phi) is 3.43. The molecule has 0 N–H and O–H groups in total. The van der Waals surface area contributed by atoms with Crippen LogP contribution < -0.4 is 0 Å². The van der Waals surface area contributed by atoms with Crippen LogP contribution in [0.2, 0.25) is 0 Å². The number of hydrogen-bond acceptors (Lipinski definition) is 4. The van der Waals surface area contributed by atoms with Crippen LogP contribution in [0.1, 0.15) is 72.8 Å². The highest BCUT2D eigenvalue weighted by molar-refractivity contribution is 5.83. The molecule has 1 aromatic carbocycles. The fourth-order valence-corrected chi connectivity index (χ4v) is 4.13. The lowest BCUT2D eigenvalue weighted by Crippen LogP contribution is -2.32. The van der Waals surface area contributed by atoms with Crippen molar-refractivity contribution < 1.29 is 9.32 Å². The van der Waals surface area contributed by atoms with Crippen molar-refractivity contribution in [1.82, 2.24) is 15.0 Å². The van der Waals surface area contributed by atoms with E-state index in [9.17, 15) is 4.79 Å². The molecule has 3 fully saturated rings. The molecule has 2 aliphatic carbocycles. The van der Waals surface area contributed by atoms with Gasteiger partial charge in [-0.2, -0.15) is 4.98 Å². The maximum Gasteiger partial charge on any atom is 0.229 e. The van der Waals surface area contributed by atoms with Crippen LogP contribution in [0.4, 0.5) is 0 Å². The molecule has 5 nitrogen and oxygen atoms in total. The number of nitrogens with zero attached hydrogens (tertiary/aromatic N) is 3. The minimum atomic E-state index is 0.00232. The summed E-state index contributed by atoms with van der Waals surface area (Å²) in [6.07, 6.45) is 5.22. The first kappa shape index (κ1) is 15.1. The number of carbonyl (C=O) groups is 1. The summed E-state index contributed by atoms with van der Waals surface area (Å²) in [7, 11) is 0. The molecule has 3 aliphatic rings. The molecule has 25 heavy (non-hydrogen) atoms. The van der Waals surface area contributed by atoms with Crippen LogP contribution in [0, 0.1) is 12.8 Å². The van der Waals surface area contributed by atoms with E-state index in [4.69, 9.17) is 4.52 Å². The summed E-state index contributed by atoms with van der Waals surface area (Å²) in [5.41, 5.74) is 2.55. The molecule has 1 aliphatic heterocycles. The summed E-state index contributed by atoms with van der Waals surface area (Å²) >= 11 is 0. The van der Waals surface area contributed by atoms with Gasteiger partial charge in [-0.25, -0.2) is 0 Å². The van der Waals surface area contributed by atoms with Gasteiger partial charge in [-0.1, -0.05) is 35.0 Å². The molecule has 3 atom stereocenters. The van der Waals surface area contributed by atoms with Gasteiger partial charge >= 0.3 is 0 Å². The van der Waals surface area contributed by atoms with E-state index in [1.807, 2.05) is 4.90 Å². The van der Waals surface area contributed by atoms with Gasteiger partial charge in [-0.05, 0) is 50.5 Å². The van der Waals surface area contributed by atoms with E-state index in [1.165, 1.54) is 11.1 Å². The molecule has 2 aromatic rings. The molecule has 1 amide bonds. The van der Waals surface area contributed by atoms with Gasteiger partial charge in [-0.3, -0.25) is 4.79 Å². The normalized spacial score (nSPS) is 28.4. The molecule has 5 heteroatoms. The third kappa shape index (κ3) is 2.75. The van der Waals surface area contributed by atoms with E-state index in [0.29, 0.717) is 17.7 Å². The predicted molar refractivity (Wildman–Crippen MR) is 92.0 cm³/mol. The molecule has 0 radical (unpaired) electrons. The van der Waals surface area contributed by atoms with Gasteiger partial charge in [0.1, 0.15) is 0 Å². The molecular weight excluding hydrogens is 314 g/mol. The summed E-state index contributed by atoms with van der Waals surface area (Å²) in [5, 5.41) is 4.18. The number of rotatable bonds is 4. The van der Waals surface area contributed by atoms with Crippen LogP contribution in [-0.2, 0) is 4.79 Å². The SMILES string of the molecule is Cc1cccc(C2CC2C(=O)N2CCCC2c2noc(C3CC3)n2)c1. The van der Waals surface area contributed by atoms with Gasteiger partial charge < -0.3 is 9.42 Å². The van der Waals surface area contributed by atoms with E-state index in [1.54, 1.807) is 0 Å². The highest BCUT2D eigenvalue weighted by Gasteiger charge is 2.48. The lowest BCUT2D eigenvalue weighted by Gasteiger charge is -2.22. The Morgan fingerprint density at radius 1 is 1.28 bits per heavy atom. The second kappa shape index (κ2) is 5.68. The minimum absolute atomic E-state index is 0.00232. The highest BCUT2D eigenvalue weighted by Crippen LogP contribution is 2.50. The molecular formula is C20H23N3O2. The smallest absolute Gasteiger partial charge is 0.229 e. The zero-order valence-corrected chi connectivity index (χ0v) is 14.5. The monoisotopic (exact) mass is 337 g/mol. The molecule has 1 aromatic heterocycles. The van der Waals surface area contributed by atoms with Crippen molar-refractivity contribution >= 4 is 5.91 Å².